The summed E-state index contributed by atoms with van der Waals surface area (Å²) in [7, 11) is 0. The van der Waals surface area contributed by atoms with Gasteiger partial charge in [0.1, 0.15) is 11.5 Å². The summed E-state index contributed by atoms with van der Waals surface area (Å²) >= 11 is 3.46. The van der Waals surface area contributed by atoms with Gasteiger partial charge in [-0.05, 0) is 35.4 Å². The molecule has 138 valence electrons. The molecule has 4 nitrogen and oxygen atoms in total. The molecule has 1 heterocycles. The SMILES string of the molecule is O=C(Cc1ccccc1)Oc1ccc2c(c1)O/C(=C\c1ccccc1Br)C2=O. The molecule has 0 saturated heterocycles. The lowest BCUT2D eigenvalue weighted by Gasteiger charge is -2.06. The topological polar surface area (TPSA) is 52.6 Å². The Hall–Kier alpha value is -3.18. The summed E-state index contributed by atoms with van der Waals surface area (Å²) in [5.41, 5.74) is 2.16. The van der Waals surface area contributed by atoms with Crippen molar-refractivity contribution in [3.8, 4) is 11.5 Å². The monoisotopic (exact) mass is 434 g/mol. The molecule has 3 aromatic carbocycles. The molecule has 0 N–H and O–H groups in total. The Balaban J connectivity index is 1.51. The highest BCUT2D eigenvalue weighted by Crippen LogP contribution is 2.35. The fourth-order valence-corrected chi connectivity index (χ4v) is 3.29. The van der Waals surface area contributed by atoms with E-state index in [0.717, 1.165) is 15.6 Å². The molecule has 3 aromatic rings. The number of allylic oxidation sites excluding steroid dienone is 1. The summed E-state index contributed by atoms with van der Waals surface area (Å²) in [4.78, 5) is 24.7. The highest BCUT2D eigenvalue weighted by atomic mass is 79.9. The van der Waals surface area contributed by atoms with Gasteiger partial charge in [0.25, 0.3) is 0 Å². The quantitative estimate of drug-likeness (QED) is 0.321. The zero-order valence-corrected chi connectivity index (χ0v) is 16.3. The average molecular weight is 435 g/mol. The number of ketones is 1. The van der Waals surface area contributed by atoms with E-state index in [0.29, 0.717) is 17.1 Å². The fraction of sp³-hybridized carbons (Fsp3) is 0.0435. The number of benzene rings is 3. The van der Waals surface area contributed by atoms with Crippen LogP contribution < -0.4 is 9.47 Å². The van der Waals surface area contributed by atoms with Crippen molar-refractivity contribution in [3.63, 3.8) is 0 Å². The number of rotatable bonds is 4. The van der Waals surface area contributed by atoms with Crippen LogP contribution in [-0.2, 0) is 11.2 Å². The van der Waals surface area contributed by atoms with Crippen LogP contribution in [0.4, 0.5) is 0 Å². The number of esters is 1. The average Bonchev–Trinajstić information content (AvgIpc) is 2.99. The lowest BCUT2D eigenvalue weighted by molar-refractivity contribution is -0.133. The van der Waals surface area contributed by atoms with Crippen LogP contribution in [0.15, 0.2) is 83.0 Å². The van der Waals surface area contributed by atoms with Gasteiger partial charge in [-0.15, -0.1) is 0 Å². The summed E-state index contributed by atoms with van der Waals surface area (Å²) in [5.74, 6) is 0.380. The van der Waals surface area contributed by atoms with E-state index in [1.165, 1.54) is 0 Å². The molecule has 0 saturated carbocycles. The second-order valence-corrected chi connectivity index (χ2v) is 7.11. The molecule has 1 aliphatic rings. The van der Waals surface area contributed by atoms with Crippen molar-refractivity contribution in [3.05, 3.63) is 99.7 Å². The lowest BCUT2D eigenvalue weighted by atomic mass is 10.1. The third kappa shape index (κ3) is 3.89. The second kappa shape index (κ2) is 7.82. The van der Waals surface area contributed by atoms with Gasteiger partial charge in [0.2, 0.25) is 5.78 Å². The van der Waals surface area contributed by atoms with E-state index in [-0.39, 0.29) is 23.9 Å². The second-order valence-electron chi connectivity index (χ2n) is 6.26. The minimum atomic E-state index is -0.376. The number of carbonyl (C=O) groups excluding carboxylic acids is 2. The summed E-state index contributed by atoms with van der Waals surface area (Å²) in [6.07, 6.45) is 1.86. The van der Waals surface area contributed by atoms with Crippen LogP contribution >= 0.6 is 15.9 Å². The predicted molar refractivity (Wildman–Crippen MR) is 109 cm³/mol. The molecule has 0 bridgehead atoms. The number of hydrogen-bond acceptors (Lipinski definition) is 4. The molecule has 0 aliphatic carbocycles. The molecule has 5 heteroatoms. The van der Waals surface area contributed by atoms with Crippen LogP contribution in [0, 0.1) is 0 Å². The van der Waals surface area contributed by atoms with Gasteiger partial charge in [-0.1, -0.05) is 64.5 Å². The first kappa shape index (κ1) is 18.2. The van der Waals surface area contributed by atoms with Crippen molar-refractivity contribution < 1.29 is 19.1 Å². The van der Waals surface area contributed by atoms with Crippen LogP contribution in [0.3, 0.4) is 0 Å². The molecule has 0 atom stereocenters. The number of ether oxygens (including phenoxy) is 2. The van der Waals surface area contributed by atoms with Crippen LogP contribution in [-0.4, -0.2) is 11.8 Å². The summed E-state index contributed by atoms with van der Waals surface area (Å²) in [5, 5.41) is 0. The lowest BCUT2D eigenvalue weighted by Crippen LogP contribution is -2.11. The predicted octanol–water partition coefficient (Wildman–Crippen LogP) is 5.21. The minimum Gasteiger partial charge on any atom is -0.452 e. The Kier molecular flexibility index (Phi) is 5.08. The largest absolute Gasteiger partial charge is 0.452 e. The Morgan fingerprint density at radius 1 is 1.00 bits per heavy atom. The third-order valence-corrected chi connectivity index (χ3v) is 4.98. The molecule has 0 aromatic heterocycles. The summed E-state index contributed by atoms with van der Waals surface area (Å²) in [6, 6.07) is 21.7. The highest BCUT2D eigenvalue weighted by Gasteiger charge is 2.28. The number of carbonyl (C=O) groups is 2. The van der Waals surface area contributed by atoms with Crippen LogP contribution in [0.1, 0.15) is 21.5 Å². The Bertz CT molecular complexity index is 1090. The van der Waals surface area contributed by atoms with E-state index in [2.05, 4.69) is 15.9 Å². The third-order valence-electron chi connectivity index (χ3n) is 4.26. The van der Waals surface area contributed by atoms with Gasteiger partial charge in [0, 0.05) is 10.5 Å². The highest BCUT2D eigenvalue weighted by molar-refractivity contribution is 9.10. The zero-order valence-electron chi connectivity index (χ0n) is 14.7. The smallest absolute Gasteiger partial charge is 0.315 e. The molecule has 0 spiro atoms. The van der Waals surface area contributed by atoms with Crippen LogP contribution in [0.2, 0.25) is 0 Å². The van der Waals surface area contributed by atoms with Gasteiger partial charge in [-0.25, -0.2) is 0 Å². The van der Waals surface area contributed by atoms with Crippen LogP contribution in [0.25, 0.3) is 6.08 Å². The molecular weight excluding hydrogens is 420 g/mol. The van der Waals surface area contributed by atoms with E-state index in [1.54, 1.807) is 24.3 Å². The Labute approximate surface area is 170 Å². The molecular formula is C23H15BrO4. The first-order valence-corrected chi connectivity index (χ1v) is 9.47. The van der Waals surface area contributed by atoms with E-state index in [4.69, 9.17) is 9.47 Å². The zero-order chi connectivity index (χ0) is 19.5. The number of hydrogen-bond donors (Lipinski definition) is 0. The Morgan fingerprint density at radius 3 is 2.54 bits per heavy atom. The summed E-state index contributed by atoms with van der Waals surface area (Å²) in [6.45, 7) is 0. The van der Waals surface area contributed by atoms with Gasteiger partial charge in [-0.3, -0.25) is 9.59 Å². The van der Waals surface area contributed by atoms with Gasteiger partial charge in [0.05, 0.1) is 12.0 Å². The van der Waals surface area contributed by atoms with Crippen molar-refractivity contribution in [1.29, 1.82) is 0 Å². The van der Waals surface area contributed by atoms with Crippen LogP contribution in [0.5, 0.6) is 11.5 Å². The maximum Gasteiger partial charge on any atom is 0.315 e. The number of halogens is 1. The van der Waals surface area contributed by atoms with E-state index in [1.807, 2.05) is 54.6 Å². The number of Topliss-reactive ketones (excluding diaryl/α,β-unsaturated/α-hetero) is 1. The maximum atomic E-state index is 12.6. The minimum absolute atomic E-state index is 0.172. The first-order chi connectivity index (χ1) is 13.6. The van der Waals surface area contributed by atoms with Crippen molar-refractivity contribution >= 4 is 33.8 Å². The molecule has 28 heavy (non-hydrogen) atoms. The van der Waals surface area contributed by atoms with E-state index < -0.39 is 0 Å². The number of fused-ring (bicyclic) bond motifs is 1. The van der Waals surface area contributed by atoms with Crippen molar-refractivity contribution in [2.75, 3.05) is 0 Å². The van der Waals surface area contributed by atoms with E-state index >= 15 is 0 Å². The molecule has 4 rings (SSSR count). The Morgan fingerprint density at radius 2 is 1.75 bits per heavy atom. The standard InChI is InChI=1S/C23H15BrO4/c24-19-9-5-4-8-16(19)13-21-23(26)18-11-10-17(14-20(18)28-21)27-22(25)12-15-6-2-1-3-7-15/h1-11,13-14H,12H2/b21-13-. The van der Waals surface area contributed by atoms with Gasteiger partial charge >= 0.3 is 5.97 Å². The van der Waals surface area contributed by atoms with Gasteiger partial charge in [-0.2, -0.15) is 0 Å². The van der Waals surface area contributed by atoms with Gasteiger partial charge in [0.15, 0.2) is 5.76 Å². The van der Waals surface area contributed by atoms with Crippen molar-refractivity contribution in [2.24, 2.45) is 0 Å². The maximum absolute atomic E-state index is 12.6. The molecule has 0 amide bonds. The van der Waals surface area contributed by atoms with Gasteiger partial charge < -0.3 is 9.47 Å². The normalized spacial score (nSPS) is 13.9. The molecule has 0 unspecified atom stereocenters. The molecule has 1 aliphatic heterocycles. The van der Waals surface area contributed by atoms with Crippen molar-refractivity contribution in [2.45, 2.75) is 6.42 Å². The molecule has 0 fully saturated rings. The summed E-state index contributed by atoms with van der Waals surface area (Å²) < 4.78 is 12.0. The fourth-order valence-electron chi connectivity index (χ4n) is 2.89. The van der Waals surface area contributed by atoms with E-state index in [9.17, 15) is 9.59 Å². The van der Waals surface area contributed by atoms with Crippen molar-refractivity contribution in [1.82, 2.24) is 0 Å². The first-order valence-electron chi connectivity index (χ1n) is 8.67. The molecule has 0 radical (unpaired) electrons.